The molecule has 0 amide bonds. The minimum absolute atomic E-state index is 0.0254. The summed E-state index contributed by atoms with van der Waals surface area (Å²) >= 11 is 0. The van der Waals surface area contributed by atoms with Gasteiger partial charge in [-0.15, -0.1) is 0 Å². The van der Waals surface area contributed by atoms with Gasteiger partial charge in [0.2, 0.25) is 5.75 Å². The van der Waals surface area contributed by atoms with Gasteiger partial charge in [0.1, 0.15) is 0 Å². The molecule has 7 heteroatoms. The van der Waals surface area contributed by atoms with Gasteiger partial charge >= 0.3 is 11.7 Å². The number of para-hydroxylation sites is 1. The molecule has 1 heterocycles. The predicted molar refractivity (Wildman–Crippen MR) is 67.7 cm³/mol. The van der Waals surface area contributed by atoms with Gasteiger partial charge < -0.3 is 9.47 Å². The molecule has 20 heavy (non-hydrogen) atoms. The minimum atomic E-state index is -0.663. The van der Waals surface area contributed by atoms with E-state index in [1.165, 1.54) is 18.2 Å². The fraction of sp³-hybridized carbons (Fsp3) is 0.385. The summed E-state index contributed by atoms with van der Waals surface area (Å²) in [5.41, 5.74) is -0.106. The number of fused-ring (bicyclic) bond motifs is 1. The van der Waals surface area contributed by atoms with Gasteiger partial charge in [0, 0.05) is 6.07 Å². The van der Waals surface area contributed by atoms with E-state index in [1.807, 2.05) is 0 Å². The van der Waals surface area contributed by atoms with Gasteiger partial charge in [-0.05, 0) is 13.0 Å². The summed E-state index contributed by atoms with van der Waals surface area (Å²) in [6, 6.07) is 4.16. The van der Waals surface area contributed by atoms with Gasteiger partial charge in [0.05, 0.1) is 36.0 Å². The lowest BCUT2D eigenvalue weighted by Crippen LogP contribution is -2.30. The fourth-order valence-corrected chi connectivity index (χ4v) is 2.07. The summed E-state index contributed by atoms with van der Waals surface area (Å²) < 4.78 is 10.1. The number of nitrogens with zero attached hydrogens (tertiary/aromatic N) is 1. The topological polar surface area (TPSA) is 95.7 Å². The van der Waals surface area contributed by atoms with Crippen LogP contribution in [0.1, 0.15) is 23.7 Å². The number of carbonyl (C=O) groups excluding carboxylic acids is 2. The van der Waals surface area contributed by atoms with E-state index in [1.54, 1.807) is 6.92 Å². The molecule has 0 aliphatic carbocycles. The van der Waals surface area contributed by atoms with Crippen molar-refractivity contribution in [2.75, 3.05) is 13.2 Å². The maximum atomic E-state index is 12.2. The quantitative estimate of drug-likeness (QED) is 0.473. The molecule has 1 aromatic carbocycles. The first-order chi connectivity index (χ1) is 9.54. The number of hydrogen-bond acceptors (Lipinski definition) is 6. The Morgan fingerprint density at radius 2 is 2.30 bits per heavy atom. The summed E-state index contributed by atoms with van der Waals surface area (Å²) in [6.45, 7) is 1.86. The van der Waals surface area contributed by atoms with E-state index in [4.69, 9.17) is 9.47 Å². The summed E-state index contributed by atoms with van der Waals surface area (Å²) in [4.78, 5) is 33.9. The van der Waals surface area contributed by atoms with Crippen molar-refractivity contribution in [1.29, 1.82) is 0 Å². The number of esters is 1. The molecule has 0 fully saturated rings. The number of hydrogen-bond donors (Lipinski definition) is 0. The largest absolute Gasteiger partial charge is 0.486 e. The van der Waals surface area contributed by atoms with Crippen molar-refractivity contribution in [3.63, 3.8) is 0 Å². The highest BCUT2D eigenvalue weighted by Gasteiger charge is 2.34. The second-order valence-corrected chi connectivity index (χ2v) is 4.29. The molecule has 106 valence electrons. The van der Waals surface area contributed by atoms with Gasteiger partial charge in [-0.2, -0.15) is 0 Å². The van der Waals surface area contributed by atoms with Crippen molar-refractivity contribution < 1.29 is 24.0 Å². The fourth-order valence-electron chi connectivity index (χ4n) is 2.07. The van der Waals surface area contributed by atoms with E-state index in [2.05, 4.69) is 0 Å². The van der Waals surface area contributed by atoms with E-state index in [9.17, 15) is 19.7 Å². The first kappa shape index (κ1) is 14.0. The third kappa shape index (κ3) is 2.61. The zero-order chi connectivity index (χ0) is 14.7. The van der Waals surface area contributed by atoms with Crippen molar-refractivity contribution in [3.8, 4) is 5.75 Å². The lowest BCUT2D eigenvalue weighted by molar-refractivity contribution is -0.386. The molecule has 7 nitrogen and oxygen atoms in total. The molecule has 1 aromatic rings. The summed E-state index contributed by atoms with van der Waals surface area (Å²) in [6.07, 6.45) is -0.0885. The zero-order valence-electron chi connectivity index (χ0n) is 10.8. The average molecular weight is 279 g/mol. The normalized spacial score (nSPS) is 17.1. The molecule has 0 bridgehead atoms. The Labute approximate surface area is 114 Å². The molecule has 0 aromatic heterocycles. The highest BCUT2D eigenvalue weighted by molar-refractivity contribution is 6.03. The Morgan fingerprint density at radius 1 is 1.55 bits per heavy atom. The first-order valence-electron chi connectivity index (χ1n) is 6.14. The molecule has 0 saturated carbocycles. The summed E-state index contributed by atoms with van der Waals surface area (Å²) in [5, 5.41) is 10.9. The summed E-state index contributed by atoms with van der Waals surface area (Å²) in [5.74, 6) is -1.50. The molecular formula is C13H13NO6. The molecule has 1 aliphatic rings. The second-order valence-electron chi connectivity index (χ2n) is 4.29. The number of nitro benzene ring substituents is 1. The predicted octanol–water partition coefficient (Wildman–Crippen LogP) is 1.74. The standard InChI is InChI=1S/C13H13NO6/c1-2-19-11(15)6-8-7-20-13-9(12(8)16)4-3-5-10(13)14(17)18/h3-5,8H,2,6-7H2,1H3/t8-/m1/s1. The van der Waals surface area contributed by atoms with Crippen molar-refractivity contribution in [1.82, 2.24) is 0 Å². The van der Waals surface area contributed by atoms with Crippen LogP contribution >= 0.6 is 0 Å². The van der Waals surface area contributed by atoms with Crippen LogP contribution in [0.3, 0.4) is 0 Å². The van der Waals surface area contributed by atoms with Crippen LogP contribution in [0.5, 0.6) is 5.75 Å². The van der Waals surface area contributed by atoms with E-state index in [0.717, 1.165) is 0 Å². The second kappa shape index (κ2) is 5.68. The Balaban J connectivity index is 2.24. The molecule has 0 radical (unpaired) electrons. The van der Waals surface area contributed by atoms with Crippen LogP contribution in [0, 0.1) is 16.0 Å². The van der Waals surface area contributed by atoms with Crippen LogP contribution in [0.15, 0.2) is 18.2 Å². The zero-order valence-corrected chi connectivity index (χ0v) is 10.8. The average Bonchev–Trinajstić information content (AvgIpc) is 2.41. The minimum Gasteiger partial charge on any atom is -0.486 e. The molecule has 0 unspecified atom stereocenters. The molecule has 0 saturated heterocycles. The number of benzene rings is 1. The maximum absolute atomic E-state index is 12.2. The van der Waals surface area contributed by atoms with E-state index >= 15 is 0 Å². The van der Waals surface area contributed by atoms with Crippen LogP contribution in [0.4, 0.5) is 5.69 Å². The maximum Gasteiger partial charge on any atom is 0.311 e. The van der Waals surface area contributed by atoms with Gasteiger partial charge in [-0.3, -0.25) is 19.7 Å². The molecular weight excluding hydrogens is 266 g/mol. The lowest BCUT2D eigenvalue weighted by atomic mass is 9.92. The molecule has 2 rings (SSSR count). The van der Waals surface area contributed by atoms with Crippen LogP contribution in [0.2, 0.25) is 0 Å². The Hall–Kier alpha value is -2.44. The molecule has 0 spiro atoms. The number of carbonyl (C=O) groups is 2. The van der Waals surface area contributed by atoms with E-state index < -0.39 is 16.8 Å². The van der Waals surface area contributed by atoms with E-state index in [-0.39, 0.29) is 42.4 Å². The SMILES string of the molecule is CCOC(=O)C[C@@H]1COc2c(cccc2[N+](=O)[O-])C1=O. The third-order valence-corrected chi connectivity index (χ3v) is 2.97. The van der Waals surface area contributed by atoms with Crippen molar-refractivity contribution in [2.45, 2.75) is 13.3 Å². The van der Waals surface area contributed by atoms with E-state index in [0.29, 0.717) is 0 Å². The van der Waals surface area contributed by atoms with Crippen LogP contribution in [0.25, 0.3) is 0 Å². The van der Waals surface area contributed by atoms with Gasteiger partial charge in [-0.25, -0.2) is 0 Å². The number of Topliss-reactive ketones (excluding diaryl/α,β-unsaturated/α-hetero) is 1. The van der Waals surface area contributed by atoms with Crippen LogP contribution in [-0.4, -0.2) is 29.9 Å². The van der Waals surface area contributed by atoms with Gasteiger partial charge in [-0.1, -0.05) is 6.07 Å². The Bertz CT molecular complexity index is 568. The van der Waals surface area contributed by atoms with Gasteiger partial charge in [0.25, 0.3) is 0 Å². The van der Waals surface area contributed by atoms with Crippen LogP contribution in [-0.2, 0) is 9.53 Å². The number of rotatable bonds is 4. The number of ketones is 1. The highest BCUT2D eigenvalue weighted by Crippen LogP contribution is 2.36. The van der Waals surface area contributed by atoms with Crippen molar-refractivity contribution in [3.05, 3.63) is 33.9 Å². The molecule has 0 N–H and O–H groups in total. The number of ether oxygens (including phenoxy) is 2. The highest BCUT2D eigenvalue weighted by atomic mass is 16.6. The molecule has 1 atom stereocenters. The van der Waals surface area contributed by atoms with Crippen molar-refractivity contribution in [2.24, 2.45) is 5.92 Å². The monoisotopic (exact) mass is 279 g/mol. The smallest absolute Gasteiger partial charge is 0.311 e. The van der Waals surface area contributed by atoms with Gasteiger partial charge in [0.15, 0.2) is 5.78 Å². The number of nitro groups is 1. The first-order valence-corrected chi connectivity index (χ1v) is 6.14. The lowest BCUT2D eigenvalue weighted by Gasteiger charge is -2.23. The third-order valence-electron chi connectivity index (χ3n) is 2.97. The molecule has 1 aliphatic heterocycles. The van der Waals surface area contributed by atoms with Crippen molar-refractivity contribution >= 4 is 17.4 Å². The Morgan fingerprint density at radius 3 is 2.95 bits per heavy atom. The Kier molecular flexibility index (Phi) is 3.97. The summed E-state index contributed by atoms with van der Waals surface area (Å²) in [7, 11) is 0. The van der Waals surface area contributed by atoms with Crippen LogP contribution < -0.4 is 4.74 Å².